The van der Waals surface area contributed by atoms with Crippen molar-refractivity contribution in [3.8, 4) is 0 Å². The maximum atomic E-state index is 12.9. The van der Waals surface area contributed by atoms with Crippen LogP contribution in [0.3, 0.4) is 0 Å². The lowest BCUT2D eigenvalue weighted by molar-refractivity contribution is -0.137. The van der Waals surface area contributed by atoms with Gasteiger partial charge in [-0.3, -0.25) is 14.4 Å². The molecule has 3 saturated heterocycles. The highest BCUT2D eigenvalue weighted by Crippen LogP contribution is 2.39. The highest BCUT2D eigenvalue weighted by atomic mass is 16.5. The molecular weight excluding hydrogens is 340 g/mol. The zero-order valence-electron chi connectivity index (χ0n) is 16.7. The molecule has 4 heterocycles. The lowest BCUT2D eigenvalue weighted by Gasteiger charge is -2.48. The lowest BCUT2D eigenvalue weighted by atomic mass is 9.73. The Morgan fingerprint density at radius 2 is 2.00 bits per heavy atom. The average Bonchev–Trinajstić information content (AvgIpc) is 3.07. The van der Waals surface area contributed by atoms with Crippen LogP contribution in [0.1, 0.15) is 50.6 Å². The molecule has 1 unspecified atom stereocenters. The number of amides is 1. The highest BCUT2D eigenvalue weighted by Gasteiger charge is 2.40. The molecule has 1 aromatic heterocycles. The van der Waals surface area contributed by atoms with Gasteiger partial charge in [-0.2, -0.15) is 5.10 Å². The third kappa shape index (κ3) is 4.54. The van der Waals surface area contributed by atoms with Crippen LogP contribution in [-0.4, -0.2) is 64.9 Å². The third-order valence-electron chi connectivity index (χ3n) is 6.87. The van der Waals surface area contributed by atoms with E-state index in [0.29, 0.717) is 17.2 Å². The summed E-state index contributed by atoms with van der Waals surface area (Å²) in [6.07, 6.45) is 9.60. The minimum atomic E-state index is 0.292. The molecule has 4 rings (SSSR count). The van der Waals surface area contributed by atoms with E-state index < -0.39 is 0 Å². The van der Waals surface area contributed by atoms with Gasteiger partial charge in [-0.25, -0.2) is 0 Å². The Morgan fingerprint density at radius 1 is 1.22 bits per heavy atom. The fourth-order valence-electron chi connectivity index (χ4n) is 5.31. The number of aryl methyl sites for hydroxylation is 1. The Labute approximate surface area is 162 Å². The van der Waals surface area contributed by atoms with Gasteiger partial charge in [-0.05, 0) is 57.1 Å². The molecule has 0 N–H and O–H groups in total. The van der Waals surface area contributed by atoms with Crippen LogP contribution in [0.2, 0.25) is 0 Å². The van der Waals surface area contributed by atoms with Crippen molar-refractivity contribution in [2.45, 2.75) is 51.5 Å². The maximum Gasteiger partial charge on any atom is 0.222 e. The number of likely N-dealkylation sites (tertiary alicyclic amines) is 2. The zero-order chi connectivity index (χ0) is 18.7. The van der Waals surface area contributed by atoms with Gasteiger partial charge in [0, 0.05) is 64.5 Å². The second-order valence-electron chi connectivity index (χ2n) is 8.94. The normalized spacial score (nSPS) is 28.0. The molecule has 1 aromatic rings. The Balaban J connectivity index is 1.35. The van der Waals surface area contributed by atoms with Crippen molar-refractivity contribution in [2.24, 2.45) is 18.4 Å². The smallest absolute Gasteiger partial charge is 0.222 e. The van der Waals surface area contributed by atoms with Crippen LogP contribution < -0.4 is 0 Å². The Hall–Kier alpha value is -1.40. The largest absolute Gasteiger partial charge is 0.381 e. The topological polar surface area (TPSA) is 50.6 Å². The number of hydrogen-bond donors (Lipinski definition) is 0. The number of ether oxygens (including phenoxy) is 1. The predicted molar refractivity (Wildman–Crippen MR) is 104 cm³/mol. The van der Waals surface area contributed by atoms with E-state index in [2.05, 4.69) is 21.0 Å². The van der Waals surface area contributed by atoms with Gasteiger partial charge in [0.05, 0.1) is 5.69 Å². The van der Waals surface area contributed by atoms with Gasteiger partial charge in [-0.1, -0.05) is 0 Å². The molecule has 0 radical (unpaired) electrons. The van der Waals surface area contributed by atoms with Crippen molar-refractivity contribution in [3.05, 3.63) is 18.0 Å². The number of piperidine rings is 2. The molecule has 0 aliphatic carbocycles. The number of carbonyl (C=O) groups excluding carboxylic acids is 1. The Kier molecular flexibility index (Phi) is 5.83. The van der Waals surface area contributed by atoms with E-state index in [0.717, 1.165) is 71.6 Å². The van der Waals surface area contributed by atoms with Gasteiger partial charge in [-0.15, -0.1) is 0 Å². The quantitative estimate of drug-likeness (QED) is 0.812. The summed E-state index contributed by atoms with van der Waals surface area (Å²) in [4.78, 5) is 17.7. The number of nitrogens with zero attached hydrogens (tertiary/aromatic N) is 4. The van der Waals surface area contributed by atoms with Gasteiger partial charge in [0.15, 0.2) is 0 Å². The van der Waals surface area contributed by atoms with Crippen molar-refractivity contribution in [3.63, 3.8) is 0 Å². The Bertz CT molecular complexity index is 636. The molecule has 1 amide bonds. The van der Waals surface area contributed by atoms with Crippen molar-refractivity contribution in [1.82, 2.24) is 19.6 Å². The molecule has 6 nitrogen and oxygen atoms in total. The molecule has 150 valence electrons. The third-order valence-corrected chi connectivity index (χ3v) is 6.87. The van der Waals surface area contributed by atoms with Crippen LogP contribution in [0.4, 0.5) is 0 Å². The molecule has 0 aromatic carbocycles. The van der Waals surface area contributed by atoms with E-state index in [-0.39, 0.29) is 0 Å². The van der Waals surface area contributed by atoms with E-state index in [4.69, 9.17) is 4.74 Å². The summed E-state index contributed by atoms with van der Waals surface area (Å²) in [5.41, 5.74) is 1.57. The van der Waals surface area contributed by atoms with Gasteiger partial charge in [0.25, 0.3) is 0 Å². The van der Waals surface area contributed by atoms with Crippen molar-refractivity contribution < 1.29 is 9.53 Å². The molecule has 1 spiro atoms. The van der Waals surface area contributed by atoms with Crippen LogP contribution in [0.15, 0.2) is 12.3 Å². The summed E-state index contributed by atoms with van der Waals surface area (Å²) < 4.78 is 7.42. The fraction of sp³-hybridized carbons (Fsp3) is 0.810. The van der Waals surface area contributed by atoms with Gasteiger partial charge >= 0.3 is 0 Å². The first-order valence-corrected chi connectivity index (χ1v) is 10.7. The number of rotatable bonds is 4. The lowest BCUT2D eigenvalue weighted by Crippen LogP contribution is -2.53. The SMILES string of the molecule is Cn1nccc1CN1CCCC2(CCCN(C(=O)CC3CCOCC3)C2)C1. The van der Waals surface area contributed by atoms with Crippen LogP contribution >= 0.6 is 0 Å². The molecular formula is C21H34N4O2. The summed E-state index contributed by atoms with van der Waals surface area (Å²) in [7, 11) is 2.02. The monoisotopic (exact) mass is 374 g/mol. The number of aromatic nitrogens is 2. The molecule has 0 saturated carbocycles. The van der Waals surface area contributed by atoms with E-state index >= 15 is 0 Å². The molecule has 3 aliphatic heterocycles. The molecule has 1 atom stereocenters. The van der Waals surface area contributed by atoms with Crippen LogP contribution in [0.25, 0.3) is 0 Å². The fourth-order valence-corrected chi connectivity index (χ4v) is 5.31. The maximum absolute atomic E-state index is 12.9. The minimum absolute atomic E-state index is 0.292. The summed E-state index contributed by atoms with van der Waals surface area (Å²) in [6.45, 7) is 6.79. The van der Waals surface area contributed by atoms with E-state index in [1.807, 2.05) is 17.9 Å². The van der Waals surface area contributed by atoms with Crippen LogP contribution in [0.5, 0.6) is 0 Å². The first kappa shape index (κ1) is 18.9. The average molecular weight is 375 g/mol. The highest BCUT2D eigenvalue weighted by molar-refractivity contribution is 5.76. The molecule has 27 heavy (non-hydrogen) atoms. The van der Waals surface area contributed by atoms with Gasteiger partial charge < -0.3 is 9.64 Å². The summed E-state index contributed by atoms with van der Waals surface area (Å²) in [5.74, 6) is 0.904. The number of carbonyl (C=O) groups is 1. The zero-order valence-corrected chi connectivity index (χ0v) is 16.7. The van der Waals surface area contributed by atoms with E-state index in [1.165, 1.54) is 25.0 Å². The second-order valence-corrected chi connectivity index (χ2v) is 8.94. The van der Waals surface area contributed by atoms with Gasteiger partial charge in [0.1, 0.15) is 0 Å². The van der Waals surface area contributed by atoms with Crippen molar-refractivity contribution in [2.75, 3.05) is 39.4 Å². The minimum Gasteiger partial charge on any atom is -0.381 e. The van der Waals surface area contributed by atoms with Crippen LogP contribution in [0, 0.1) is 11.3 Å². The first-order valence-electron chi connectivity index (χ1n) is 10.7. The van der Waals surface area contributed by atoms with Crippen molar-refractivity contribution >= 4 is 5.91 Å². The molecule has 6 heteroatoms. The standard InChI is InChI=1S/C21H34N4O2/c1-23-19(4-9-22-23)15-24-10-2-7-21(16-24)8-3-11-25(17-21)20(26)14-18-5-12-27-13-6-18/h4,9,18H,2-3,5-8,10-17H2,1H3. The van der Waals surface area contributed by atoms with Crippen LogP contribution in [-0.2, 0) is 23.1 Å². The predicted octanol–water partition coefficient (Wildman–Crippen LogP) is 2.44. The number of hydrogen-bond acceptors (Lipinski definition) is 4. The first-order chi connectivity index (χ1) is 13.1. The summed E-state index contributed by atoms with van der Waals surface area (Å²) in [5, 5.41) is 4.31. The van der Waals surface area contributed by atoms with E-state index in [9.17, 15) is 4.79 Å². The Morgan fingerprint density at radius 3 is 2.74 bits per heavy atom. The summed E-state index contributed by atoms with van der Waals surface area (Å²) >= 11 is 0. The molecule has 0 bridgehead atoms. The second kappa shape index (κ2) is 8.31. The molecule has 3 fully saturated rings. The van der Waals surface area contributed by atoms with E-state index in [1.54, 1.807) is 0 Å². The van der Waals surface area contributed by atoms with Gasteiger partial charge in [0.2, 0.25) is 5.91 Å². The molecule has 3 aliphatic rings. The van der Waals surface area contributed by atoms with Crippen molar-refractivity contribution in [1.29, 1.82) is 0 Å². The summed E-state index contributed by atoms with van der Waals surface area (Å²) in [6, 6.07) is 2.12.